The highest BCUT2D eigenvalue weighted by Gasteiger charge is 2.30. The fraction of sp³-hybridized carbons (Fsp3) is 0.231. The first-order valence-corrected chi connectivity index (χ1v) is 6.16. The molecule has 1 aromatic rings. The molecule has 1 heterocycles. The molecule has 0 spiro atoms. The van der Waals surface area contributed by atoms with Crippen molar-refractivity contribution in [1.29, 1.82) is 0 Å². The van der Waals surface area contributed by atoms with E-state index in [4.69, 9.17) is 22.7 Å². The van der Waals surface area contributed by atoms with Gasteiger partial charge in [-0.25, -0.2) is 0 Å². The van der Waals surface area contributed by atoms with Gasteiger partial charge in [0.2, 0.25) is 5.91 Å². The van der Waals surface area contributed by atoms with Crippen LogP contribution in [0.3, 0.4) is 0 Å². The van der Waals surface area contributed by atoms with E-state index < -0.39 is 11.9 Å². The molecule has 0 aromatic heterocycles. The van der Waals surface area contributed by atoms with Gasteiger partial charge in [-0.3, -0.25) is 4.79 Å². The molecule has 1 atom stereocenters. The fourth-order valence-corrected chi connectivity index (χ4v) is 2.43. The van der Waals surface area contributed by atoms with E-state index in [0.29, 0.717) is 22.1 Å². The van der Waals surface area contributed by atoms with Crippen LogP contribution in [0.1, 0.15) is 18.5 Å². The predicted molar refractivity (Wildman–Crippen MR) is 76.5 cm³/mol. The molecule has 1 aliphatic rings. The van der Waals surface area contributed by atoms with Crippen molar-refractivity contribution in [3.8, 4) is 5.75 Å². The molecule has 0 radical (unpaired) electrons. The van der Waals surface area contributed by atoms with Gasteiger partial charge in [0.15, 0.2) is 5.11 Å². The van der Waals surface area contributed by atoms with E-state index in [1.165, 1.54) is 0 Å². The Kier molecular flexibility index (Phi) is 3.71. The van der Waals surface area contributed by atoms with Crippen LogP contribution in [-0.2, 0) is 4.79 Å². The molecule has 0 unspecified atom stereocenters. The van der Waals surface area contributed by atoms with E-state index in [1.807, 2.05) is 24.3 Å². The molecular weight excluding hydrogens is 262 g/mol. The first-order valence-electron chi connectivity index (χ1n) is 5.75. The number of para-hydroxylation sites is 1. The van der Waals surface area contributed by atoms with Crippen LogP contribution in [-0.4, -0.2) is 18.1 Å². The maximum Gasteiger partial charge on any atom is 0.248 e. The highest BCUT2D eigenvalue weighted by molar-refractivity contribution is 7.80. The lowest BCUT2D eigenvalue weighted by Gasteiger charge is -2.30. The van der Waals surface area contributed by atoms with Gasteiger partial charge in [-0.1, -0.05) is 18.2 Å². The van der Waals surface area contributed by atoms with E-state index in [0.717, 1.165) is 5.56 Å². The second-order valence-electron chi connectivity index (χ2n) is 4.18. The van der Waals surface area contributed by atoms with Gasteiger partial charge in [0.25, 0.3) is 0 Å². The summed E-state index contributed by atoms with van der Waals surface area (Å²) in [7, 11) is 1.58. The predicted octanol–water partition coefficient (Wildman–Crippen LogP) is 0.973. The summed E-state index contributed by atoms with van der Waals surface area (Å²) in [4.78, 5) is 11.7. The van der Waals surface area contributed by atoms with E-state index >= 15 is 0 Å². The summed E-state index contributed by atoms with van der Waals surface area (Å²) in [5.41, 5.74) is 7.40. The first kappa shape index (κ1) is 13.4. The number of benzene rings is 1. The molecule has 100 valence electrons. The van der Waals surface area contributed by atoms with E-state index in [-0.39, 0.29) is 0 Å². The smallest absolute Gasteiger partial charge is 0.248 e. The van der Waals surface area contributed by atoms with E-state index in [9.17, 15) is 4.79 Å². The third-order valence-corrected chi connectivity index (χ3v) is 3.20. The molecule has 6 heteroatoms. The number of hydrogen-bond acceptors (Lipinski definition) is 3. The van der Waals surface area contributed by atoms with Crippen LogP contribution in [0.5, 0.6) is 5.75 Å². The standard InChI is InChI=1S/C13H15N3O2S/c1-7-10(12(14)17)11(16-13(19)15-7)8-5-3-4-6-9(8)18-2/h3-6,11H,1-2H3,(H2,14,17)(H2,15,16,19)/t11-/m1/s1. The summed E-state index contributed by atoms with van der Waals surface area (Å²) >= 11 is 5.13. The first-order chi connectivity index (χ1) is 9.04. The Balaban J connectivity index is 2.55. The molecule has 1 aromatic carbocycles. The minimum absolute atomic E-state index is 0.401. The Morgan fingerprint density at radius 1 is 1.42 bits per heavy atom. The van der Waals surface area contributed by atoms with Gasteiger partial charge >= 0.3 is 0 Å². The van der Waals surface area contributed by atoms with Gasteiger partial charge in [0.05, 0.1) is 18.7 Å². The van der Waals surface area contributed by atoms with Crippen LogP contribution in [0.15, 0.2) is 35.5 Å². The van der Waals surface area contributed by atoms with Gasteiger partial charge in [-0.2, -0.15) is 0 Å². The Morgan fingerprint density at radius 2 is 2.11 bits per heavy atom. The van der Waals surface area contributed by atoms with E-state index in [2.05, 4.69) is 10.6 Å². The maximum atomic E-state index is 11.7. The summed E-state index contributed by atoms with van der Waals surface area (Å²) in [5.74, 6) is 0.187. The van der Waals surface area contributed by atoms with Gasteiger partial charge in [0, 0.05) is 11.3 Å². The van der Waals surface area contributed by atoms with Crippen LogP contribution in [0.2, 0.25) is 0 Å². The van der Waals surface area contributed by atoms with Crippen LogP contribution in [0, 0.1) is 0 Å². The second-order valence-corrected chi connectivity index (χ2v) is 4.58. The van der Waals surface area contributed by atoms with Gasteiger partial charge in [0.1, 0.15) is 5.75 Å². The van der Waals surface area contributed by atoms with Crippen molar-refractivity contribution in [3.05, 3.63) is 41.1 Å². The molecule has 0 aliphatic carbocycles. The van der Waals surface area contributed by atoms with Crippen LogP contribution < -0.4 is 21.1 Å². The third-order valence-electron chi connectivity index (χ3n) is 2.98. The van der Waals surface area contributed by atoms with E-state index in [1.54, 1.807) is 14.0 Å². The highest BCUT2D eigenvalue weighted by Crippen LogP contribution is 2.32. The van der Waals surface area contributed by atoms with Crippen LogP contribution in [0.4, 0.5) is 0 Å². The van der Waals surface area contributed by atoms with Crippen LogP contribution in [0.25, 0.3) is 0 Å². The molecule has 0 fully saturated rings. The lowest BCUT2D eigenvalue weighted by atomic mass is 9.94. The van der Waals surface area contributed by atoms with Gasteiger partial charge in [-0.05, 0) is 25.2 Å². The lowest BCUT2D eigenvalue weighted by Crippen LogP contribution is -2.46. The number of hydrogen-bond donors (Lipinski definition) is 3. The van der Waals surface area contributed by atoms with Crippen molar-refractivity contribution < 1.29 is 9.53 Å². The Bertz CT molecular complexity index is 569. The number of rotatable bonds is 3. The number of carbonyl (C=O) groups is 1. The zero-order chi connectivity index (χ0) is 14.0. The number of thiocarbonyl (C=S) groups is 1. The van der Waals surface area contributed by atoms with Gasteiger partial charge < -0.3 is 21.1 Å². The summed E-state index contributed by atoms with van der Waals surface area (Å²) < 4.78 is 5.32. The monoisotopic (exact) mass is 277 g/mol. The highest BCUT2D eigenvalue weighted by atomic mass is 32.1. The summed E-state index contributed by atoms with van der Waals surface area (Å²) in [6.07, 6.45) is 0. The quantitative estimate of drug-likeness (QED) is 0.718. The van der Waals surface area contributed by atoms with Crippen molar-refractivity contribution in [2.45, 2.75) is 13.0 Å². The molecule has 1 aliphatic heterocycles. The topological polar surface area (TPSA) is 76.4 Å². The number of nitrogens with two attached hydrogens (primary N) is 1. The minimum atomic E-state index is -0.490. The number of methoxy groups -OCH3 is 1. The number of carbonyl (C=O) groups excluding carboxylic acids is 1. The molecule has 0 bridgehead atoms. The summed E-state index contributed by atoms with van der Waals surface area (Å²) in [5, 5.41) is 6.41. The molecule has 5 nitrogen and oxygen atoms in total. The van der Waals surface area contributed by atoms with Crippen LogP contribution >= 0.6 is 12.2 Å². The number of primary amides is 1. The minimum Gasteiger partial charge on any atom is -0.496 e. The van der Waals surface area contributed by atoms with Crippen molar-refractivity contribution in [1.82, 2.24) is 10.6 Å². The maximum absolute atomic E-state index is 11.7. The molecule has 2 rings (SSSR count). The Hall–Kier alpha value is -2.08. The SMILES string of the molecule is COc1ccccc1[C@H]1NC(=S)NC(C)=C1C(N)=O. The summed E-state index contributed by atoms with van der Waals surface area (Å²) in [6.45, 7) is 1.77. The fourth-order valence-electron chi connectivity index (χ4n) is 2.16. The molecule has 0 saturated carbocycles. The number of ether oxygens (including phenoxy) is 1. The third kappa shape index (κ3) is 2.53. The van der Waals surface area contributed by atoms with Crippen molar-refractivity contribution in [3.63, 3.8) is 0 Å². The molecule has 4 N–H and O–H groups in total. The number of nitrogens with one attached hydrogen (secondary N) is 2. The van der Waals surface area contributed by atoms with Crippen molar-refractivity contribution >= 4 is 23.2 Å². The average Bonchev–Trinajstić information content (AvgIpc) is 2.37. The zero-order valence-electron chi connectivity index (χ0n) is 10.7. The van der Waals surface area contributed by atoms with Crippen molar-refractivity contribution in [2.24, 2.45) is 5.73 Å². The van der Waals surface area contributed by atoms with Gasteiger partial charge in [-0.15, -0.1) is 0 Å². The molecular formula is C13H15N3O2S. The number of allylic oxidation sites excluding steroid dienone is 1. The lowest BCUT2D eigenvalue weighted by molar-refractivity contribution is -0.115. The van der Waals surface area contributed by atoms with Crippen molar-refractivity contribution in [2.75, 3.05) is 7.11 Å². The average molecular weight is 277 g/mol. The largest absolute Gasteiger partial charge is 0.496 e. The zero-order valence-corrected chi connectivity index (χ0v) is 11.5. The Labute approximate surface area is 116 Å². The normalized spacial score (nSPS) is 18.6. The number of amides is 1. The molecule has 19 heavy (non-hydrogen) atoms. The summed E-state index contributed by atoms with van der Waals surface area (Å²) in [6, 6.07) is 7.04. The molecule has 1 amide bonds. The second kappa shape index (κ2) is 5.27. The Morgan fingerprint density at radius 3 is 2.74 bits per heavy atom. The molecule has 0 saturated heterocycles.